The molecule has 4 heterocycles. The van der Waals surface area contributed by atoms with Crippen LogP contribution in [0.1, 0.15) is 53.3 Å². The molecule has 2 aromatic rings. The number of carbonyl (C=O) groups excluding carboxylic acids is 2. The number of likely N-dealkylation sites (tertiary alicyclic amines) is 1. The maximum atomic E-state index is 13.7. The third-order valence-corrected chi connectivity index (χ3v) is 7.00. The van der Waals surface area contributed by atoms with Gasteiger partial charge in [-0.25, -0.2) is 9.31 Å². The average molecular weight is 501 g/mol. The van der Waals surface area contributed by atoms with Crippen molar-refractivity contribution in [3.8, 4) is 0 Å². The quantitative estimate of drug-likeness (QED) is 0.637. The molecule has 2 aliphatic heterocycles. The molecular formula is C20H20BrF3N4O3. The third-order valence-electron chi connectivity index (χ3n) is 6.22. The van der Waals surface area contributed by atoms with E-state index in [4.69, 9.17) is 4.74 Å². The average Bonchev–Trinajstić information content (AvgIpc) is 3.42. The highest BCUT2D eigenvalue weighted by atomic mass is 79.9. The number of halogens is 4. The minimum absolute atomic E-state index is 0.00138. The van der Waals surface area contributed by atoms with Crippen molar-refractivity contribution in [1.29, 1.82) is 0 Å². The van der Waals surface area contributed by atoms with Gasteiger partial charge in [-0.1, -0.05) is 0 Å². The van der Waals surface area contributed by atoms with E-state index in [-0.39, 0.29) is 33.7 Å². The lowest BCUT2D eigenvalue weighted by Crippen LogP contribution is -2.47. The van der Waals surface area contributed by atoms with E-state index in [1.807, 2.05) is 0 Å². The lowest BCUT2D eigenvalue weighted by atomic mass is 10.0. The number of piperidine rings is 1. The van der Waals surface area contributed by atoms with Gasteiger partial charge in [-0.05, 0) is 65.2 Å². The molecule has 0 unspecified atom stereocenters. The summed E-state index contributed by atoms with van der Waals surface area (Å²) < 4.78 is 47.1. The van der Waals surface area contributed by atoms with Crippen LogP contribution >= 0.6 is 15.9 Å². The van der Waals surface area contributed by atoms with Gasteiger partial charge in [0.2, 0.25) is 0 Å². The number of hydrogen-bond donors (Lipinski definition) is 0. The lowest BCUT2D eigenvalue weighted by molar-refractivity contribution is -0.142. The zero-order chi connectivity index (χ0) is 21.9. The number of alkyl halides is 3. The first kappa shape index (κ1) is 20.6. The van der Waals surface area contributed by atoms with Crippen molar-refractivity contribution in [3.05, 3.63) is 33.6 Å². The molecular weight excluding hydrogens is 481 g/mol. The summed E-state index contributed by atoms with van der Waals surface area (Å²) in [6.07, 6.45) is -2.01. The molecule has 2 aromatic heterocycles. The number of hydrogen-bond acceptors (Lipinski definition) is 4. The van der Waals surface area contributed by atoms with Gasteiger partial charge in [-0.15, -0.1) is 0 Å². The molecule has 1 aliphatic carbocycles. The number of pyridine rings is 1. The van der Waals surface area contributed by atoms with E-state index in [0.717, 1.165) is 23.4 Å². The summed E-state index contributed by atoms with van der Waals surface area (Å²) >= 11 is 3.33. The summed E-state index contributed by atoms with van der Waals surface area (Å²) in [6, 6.07) is 2.83. The van der Waals surface area contributed by atoms with Crippen LogP contribution in [0.25, 0.3) is 5.52 Å². The lowest BCUT2D eigenvalue weighted by Gasteiger charge is -2.35. The zero-order valence-corrected chi connectivity index (χ0v) is 18.1. The van der Waals surface area contributed by atoms with Gasteiger partial charge in [0.1, 0.15) is 12.3 Å². The number of fused-ring (bicyclic) bond motifs is 1. The fourth-order valence-corrected chi connectivity index (χ4v) is 4.93. The highest BCUT2D eigenvalue weighted by Crippen LogP contribution is 2.43. The first-order chi connectivity index (χ1) is 14.7. The second-order valence-corrected chi connectivity index (χ2v) is 9.03. The van der Waals surface area contributed by atoms with Gasteiger partial charge in [-0.3, -0.25) is 4.79 Å². The standard InChI is InChI=1S/C20H20BrF3N4O3/c21-16-14-9-12(11-1-2-11)10-15(20(22,23)24)28(14)25-17(16)18(29)26-5-3-13(4-6-26)27-7-8-31-19(27)30/h9-11,13H,1-8H2. The van der Waals surface area contributed by atoms with Crippen LogP contribution in [-0.2, 0) is 10.9 Å². The van der Waals surface area contributed by atoms with Crippen molar-refractivity contribution in [2.24, 2.45) is 0 Å². The number of nitrogens with zero attached hydrogens (tertiary/aromatic N) is 4. The Hall–Kier alpha value is -2.30. The Morgan fingerprint density at radius 1 is 1.13 bits per heavy atom. The van der Waals surface area contributed by atoms with E-state index >= 15 is 0 Å². The molecule has 7 nitrogen and oxygen atoms in total. The number of rotatable bonds is 3. The highest BCUT2D eigenvalue weighted by molar-refractivity contribution is 9.10. The first-order valence-corrected chi connectivity index (χ1v) is 11.1. The van der Waals surface area contributed by atoms with Gasteiger partial charge in [0.05, 0.1) is 16.5 Å². The largest absolute Gasteiger partial charge is 0.448 e. The topological polar surface area (TPSA) is 67.2 Å². The number of aromatic nitrogens is 2. The van der Waals surface area contributed by atoms with Gasteiger partial charge in [0.25, 0.3) is 5.91 Å². The minimum Gasteiger partial charge on any atom is -0.448 e. The predicted octanol–water partition coefficient (Wildman–Crippen LogP) is 4.05. The predicted molar refractivity (Wildman–Crippen MR) is 107 cm³/mol. The fraction of sp³-hybridized carbons (Fsp3) is 0.550. The van der Waals surface area contributed by atoms with Crippen molar-refractivity contribution in [1.82, 2.24) is 19.4 Å². The van der Waals surface area contributed by atoms with E-state index in [1.54, 1.807) is 15.9 Å². The Morgan fingerprint density at radius 3 is 2.42 bits per heavy atom. The molecule has 0 atom stereocenters. The summed E-state index contributed by atoms with van der Waals surface area (Å²) in [6.45, 7) is 1.70. The van der Waals surface area contributed by atoms with Gasteiger partial charge in [-0.2, -0.15) is 18.3 Å². The molecule has 0 bridgehead atoms. The van der Waals surface area contributed by atoms with Crippen molar-refractivity contribution >= 4 is 33.4 Å². The normalized spacial score (nSPS) is 20.6. The molecule has 166 valence electrons. The second kappa shape index (κ2) is 7.39. The minimum atomic E-state index is -4.59. The second-order valence-electron chi connectivity index (χ2n) is 8.24. The molecule has 5 rings (SSSR count). The molecule has 2 saturated heterocycles. The number of amides is 2. The molecule has 2 amide bonds. The van der Waals surface area contributed by atoms with Crippen LogP contribution < -0.4 is 0 Å². The molecule has 0 spiro atoms. The summed E-state index contributed by atoms with van der Waals surface area (Å²) in [5.74, 6) is -0.289. The Balaban J connectivity index is 1.42. The Bertz CT molecular complexity index is 1060. The zero-order valence-electron chi connectivity index (χ0n) is 16.5. The van der Waals surface area contributed by atoms with Crippen molar-refractivity contribution in [2.45, 2.75) is 43.8 Å². The van der Waals surface area contributed by atoms with Crippen LogP contribution in [0.2, 0.25) is 0 Å². The summed E-state index contributed by atoms with van der Waals surface area (Å²) in [5.41, 5.74) is -0.0390. The molecule has 0 aromatic carbocycles. The summed E-state index contributed by atoms with van der Waals surface area (Å²) in [7, 11) is 0. The van der Waals surface area contributed by atoms with Crippen LogP contribution in [0, 0.1) is 0 Å². The van der Waals surface area contributed by atoms with Crippen LogP contribution in [0.3, 0.4) is 0 Å². The maximum absolute atomic E-state index is 13.7. The highest BCUT2D eigenvalue weighted by Gasteiger charge is 2.39. The smallest absolute Gasteiger partial charge is 0.433 e. The van der Waals surface area contributed by atoms with E-state index < -0.39 is 17.8 Å². The monoisotopic (exact) mass is 500 g/mol. The van der Waals surface area contributed by atoms with Gasteiger partial charge < -0.3 is 14.5 Å². The van der Waals surface area contributed by atoms with Crippen LogP contribution in [0.15, 0.2) is 16.6 Å². The number of ether oxygens (including phenoxy) is 1. The molecule has 1 saturated carbocycles. The van der Waals surface area contributed by atoms with E-state index in [9.17, 15) is 22.8 Å². The van der Waals surface area contributed by atoms with Crippen LogP contribution in [0.5, 0.6) is 0 Å². The third kappa shape index (κ3) is 3.66. The first-order valence-electron chi connectivity index (χ1n) is 10.3. The number of carbonyl (C=O) groups is 2. The Morgan fingerprint density at radius 2 is 1.84 bits per heavy atom. The Labute approximate surface area is 184 Å². The molecule has 11 heteroatoms. The SMILES string of the molecule is O=C(c1nn2c(C(F)(F)F)cc(C3CC3)cc2c1Br)N1CCC(N2CCOC2=O)CC1. The molecule has 3 fully saturated rings. The fourth-order valence-electron chi connectivity index (χ4n) is 4.40. The van der Waals surface area contributed by atoms with Crippen LogP contribution in [0.4, 0.5) is 18.0 Å². The van der Waals surface area contributed by atoms with Crippen molar-refractivity contribution in [3.63, 3.8) is 0 Å². The molecule has 3 aliphatic rings. The summed E-state index contributed by atoms with van der Waals surface area (Å²) in [4.78, 5) is 28.1. The van der Waals surface area contributed by atoms with Gasteiger partial charge >= 0.3 is 12.3 Å². The van der Waals surface area contributed by atoms with Crippen LogP contribution in [-0.4, -0.2) is 63.7 Å². The van der Waals surface area contributed by atoms with E-state index in [0.29, 0.717) is 44.6 Å². The van der Waals surface area contributed by atoms with E-state index in [1.165, 1.54) is 0 Å². The van der Waals surface area contributed by atoms with Crippen molar-refractivity contribution in [2.75, 3.05) is 26.2 Å². The van der Waals surface area contributed by atoms with Crippen molar-refractivity contribution < 1.29 is 27.5 Å². The molecule has 31 heavy (non-hydrogen) atoms. The molecule has 0 N–H and O–H groups in total. The maximum Gasteiger partial charge on any atom is 0.433 e. The van der Waals surface area contributed by atoms with E-state index in [2.05, 4.69) is 21.0 Å². The molecule has 0 radical (unpaired) electrons. The van der Waals surface area contributed by atoms with Gasteiger partial charge in [0, 0.05) is 19.1 Å². The number of cyclic esters (lactones) is 1. The Kier molecular flexibility index (Phi) is 4.91. The summed E-state index contributed by atoms with van der Waals surface area (Å²) in [5, 5.41) is 4.06. The van der Waals surface area contributed by atoms with Gasteiger partial charge in [0.15, 0.2) is 5.69 Å².